The van der Waals surface area contributed by atoms with Gasteiger partial charge in [-0.05, 0) is 33.3 Å². The van der Waals surface area contributed by atoms with Crippen LogP contribution in [0.3, 0.4) is 0 Å². The number of ether oxygens (including phenoxy) is 2. The first-order valence-corrected chi connectivity index (χ1v) is 6.93. The fraction of sp³-hybridized carbons (Fsp3) is 0.600. The molecule has 0 aliphatic rings. The molecule has 1 rings (SSSR count). The molecule has 0 fully saturated rings. The van der Waals surface area contributed by atoms with Crippen molar-refractivity contribution >= 4 is 11.6 Å². The predicted octanol–water partition coefficient (Wildman–Crippen LogP) is 2.93. The number of carbonyl (C=O) groups is 1. The summed E-state index contributed by atoms with van der Waals surface area (Å²) >= 11 is 0. The monoisotopic (exact) mass is 280 g/mol. The topological polar surface area (TPSA) is 60.5 Å². The maximum absolute atomic E-state index is 12.3. The van der Waals surface area contributed by atoms with Gasteiger partial charge in [0.25, 0.3) is 5.91 Å². The summed E-state index contributed by atoms with van der Waals surface area (Å²) < 4.78 is 10.7. The zero-order valence-electron chi connectivity index (χ0n) is 12.9. The summed E-state index contributed by atoms with van der Waals surface area (Å²) in [6, 6.07) is 3.54. The largest absolute Gasteiger partial charge is 0.478 e. The number of aryl methyl sites for hydroxylation is 1. The van der Waals surface area contributed by atoms with E-state index in [0.29, 0.717) is 24.6 Å². The minimum absolute atomic E-state index is 0.157. The van der Waals surface area contributed by atoms with Crippen LogP contribution in [0.15, 0.2) is 12.1 Å². The van der Waals surface area contributed by atoms with Crippen LogP contribution in [0.5, 0.6) is 5.88 Å². The molecule has 0 unspecified atom stereocenters. The molecular weight excluding hydrogens is 256 g/mol. The molecule has 1 amide bonds. The van der Waals surface area contributed by atoms with Crippen LogP contribution in [0.2, 0.25) is 0 Å². The molecule has 0 radical (unpaired) electrons. The van der Waals surface area contributed by atoms with Gasteiger partial charge in [-0.2, -0.15) is 0 Å². The summed E-state index contributed by atoms with van der Waals surface area (Å²) in [6.07, 6.45) is 1.54. The molecule has 0 aromatic carbocycles. The Morgan fingerprint density at radius 2 is 2.10 bits per heavy atom. The standard InChI is InChI=1S/C15H24N2O3/c1-6-10-15(4,19-5)14(18)17-12-8-9-13(20-7-2)16-11(12)3/h8-9H,6-7,10H2,1-5H3,(H,17,18)/t15-/m0/s1. The number of nitrogens with one attached hydrogen (secondary N) is 1. The lowest BCUT2D eigenvalue weighted by Gasteiger charge is -2.26. The van der Waals surface area contributed by atoms with Gasteiger partial charge in [0.1, 0.15) is 5.60 Å². The van der Waals surface area contributed by atoms with E-state index in [4.69, 9.17) is 9.47 Å². The minimum Gasteiger partial charge on any atom is -0.478 e. The van der Waals surface area contributed by atoms with Crippen molar-refractivity contribution in [1.29, 1.82) is 0 Å². The van der Waals surface area contributed by atoms with E-state index in [1.807, 2.05) is 20.8 Å². The van der Waals surface area contributed by atoms with E-state index in [1.165, 1.54) is 0 Å². The first kappa shape index (κ1) is 16.4. The number of rotatable bonds is 7. The van der Waals surface area contributed by atoms with Crippen LogP contribution in [-0.2, 0) is 9.53 Å². The van der Waals surface area contributed by atoms with Crippen molar-refractivity contribution in [3.8, 4) is 5.88 Å². The Labute approximate surface area is 120 Å². The van der Waals surface area contributed by atoms with Crippen LogP contribution >= 0.6 is 0 Å². The van der Waals surface area contributed by atoms with E-state index in [-0.39, 0.29) is 5.91 Å². The zero-order chi connectivity index (χ0) is 15.2. The second-order valence-corrected chi connectivity index (χ2v) is 4.85. The molecule has 1 aromatic heterocycles. The third-order valence-corrected chi connectivity index (χ3v) is 3.26. The van der Waals surface area contributed by atoms with Crippen molar-refractivity contribution in [3.63, 3.8) is 0 Å². The lowest BCUT2D eigenvalue weighted by Crippen LogP contribution is -2.42. The van der Waals surface area contributed by atoms with Gasteiger partial charge in [0.15, 0.2) is 0 Å². The van der Waals surface area contributed by atoms with Crippen molar-refractivity contribution in [3.05, 3.63) is 17.8 Å². The average Bonchev–Trinajstić information content (AvgIpc) is 2.42. The van der Waals surface area contributed by atoms with E-state index in [9.17, 15) is 4.79 Å². The number of aromatic nitrogens is 1. The van der Waals surface area contributed by atoms with E-state index >= 15 is 0 Å². The highest BCUT2D eigenvalue weighted by atomic mass is 16.5. The van der Waals surface area contributed by atoms with Crippen LogP contribution in [0.1, 0.15) is 39.3 Å². The molecule has 1 heterocycles. The summed E-state index contributed by atoms with van der Waals surface area (Å²) in [5, 5.41) is 2.87. The Balaban J connectivity index is 2.85. The Kier molecular flexibility index (Phi) is 5.95. The van der Waals surface area contributed by atoms with Gasteiger partial charge in [0.05, 0.1) is 18.0 Å². The van der Waals surface area contributed by atoms with Gasteiger partial charge >= 0.3 is 0 Å². The van der Waals surface area contributed by atoms with E-state index < -0.39 is 5.60 Å². The van der Waals surface area contributed by atoms with E-state index in [1.54, 1.807) is 26.2 Å². The molecule has 0 saturated carbocycles. The lowest BCUT2D eigenvalue weighted by atomic mass is 9.99. The number of pyridine rings is 1. The average molecular weight is 280 g/mol. The highest BCUT2D eigenvalue weighted by Gasteiger charge is 2.32. The highest BCUT2D eigenvalue weighted by Crippen LogP contribution is 2.22. The van der Waals surface area contributed by atoms with Crippen molar-refractivity contribution < 1.29 is 14.3 Å². The van der Waals surface area contributed by atoms with Crippen LogP contribution in [0.4, 0.5) is 5.69 Å². The highest BCUT2D eigenvalue weighted by molar-refractivity contribution is 5.97. The molecule has 1 aromatic rings. The van der Waals surface area contributed by atoms with Crippen molar-refractivity contribution in [2.24, 2.45) is 0 Å². The first-order chi connectivity index (χ1) is 9.46. The van der Waals surface area contributed by atoms with Gasteiger partial charge in [0, 0.05) is 13.2 Å². The molecule has 5 heteroatoms. The van der Waals surface area contributed by atoms with Crippen molar-refractivity contribution in [2.45, 2.75) is 46.1 Å². The number of amides is 1. The first-order valence-electron chi connectivity index (χ1n) is 6.93. The van der Waals surface area contributed by atoms with E-state index in [0.717, 1.165) is 12.1 Å². The van der Waals surface area contributed by atoms with Gasteiger partial charge in [-0.25, -0.2) is 4.98 Å². The van der Waals surface area contributed by atoms with Crippen molar-refractivity contribution in [2.75, 3.05) is 19.0 Å². The Bertz CT molecular complexity index is 462. The third kappa shape index (κ3) is 3.93. The SMILES string of the molecule is CCC[C@](C)(OC)C(=O)Nc1ccc(OCC)nc1C. The number of nitrogens with zero attached hydrogens (tertiary/aromatic N) is 1. The molecule has 1 atom stereocenters. The molecule has 1 N–H and O–H groups in total. The van der Waals surface area contributed by atoms with Crippen molar-refractivity contribution in [1.82, 2.24) is 4.98 Å². The van der Waals surface area contributed by atoms with E-state index in [2.05, 4.69) is 10.3 Å². The van der Waals surface area contributed by atoms with Crippen LogP contribution < -0.4 is 10.1 Å². The fourth-order valence-electron chi connectivity index (χ4n) is 1.94. The van der Waals surface area contributed by atoms with Gasteiger partial charge in [-0.3, -0.25) is 4.79 Å². The van der Waals surface area contributed by atoms with Gasteiger partial charge in [-0.15, -0.1) is 0 Å². The molecule has 0 spiro atoms. The molecule has 0 bridgehead atoms. The molecule has 0 aliphatic heterocycles. The van der Waals surface area contributed by atoms with Crippen LogP contribution in [-0.4, -0.2) is 30.2 Å². The number of carbonyl (C=O) groups excluding carboxylic acids is 1. The normalized spacial score (nSPS) is 13.7. The summed E-state index contributed by atoms with van der Waals surface area (Å²) in [6.45, 7) is 8.12. The Morgan fingerprint density at radius 3 is 2.60 bits per heavy atom. The van der Waals surface area contributed by atoms with Gasteiger partial charge in [-0.1, -0.05) is 13.3 Å². The summed E-state index contributed by atoms with van der Waals surface area (Å²) in [5.41, 5.74) is 0.580. The Morgan fingerprint density at radius 1 is 1.40 bits per heavy atom. The number of hydrogen-bond donors (Lipinski definition) is 1. The summed E-state index contributed by atoms with van der Waals surface area (Å²) in [5.74, 6) is 0.405. The predicted molar refractivity (Wildman–Crippen MR) is 79.1 cm³/mol. The maximum atomic E-state index is 12.3. The second kappa shape index (κ2) is 7.24. The van der Waals surface area contributed by atoms with Gasteiger partial charge < -0.3 is 14.8 Å². The minimum atomic E-state index is -0.820. The maximum Gasteiger partial charge on any atom is 0.256 e. The molecule has 5 nitrogen and oxygen atoms in total. The molecule has 0 saturated heterocycles. The van der Waals surface area contributed by atoms with Crippen LogP contribution in [0, 0.1) is 6.92 Å². The van der Waals surface area contributed by atoms with Gasteiger partial charge in [0.2, 0.25) is 5.88 Å². The second-order valence-electron chi connectivity index (χ2n) is 4.85. The Hall–Kier alpha value is -1.62. The zero-order valence-corrected chi connectivity index (χ0v) is 12.9. The summed E-state index contributed by atoms with van der Waals surface area (Å²) in [4.78, 5) is 16.6. The molecule has 0 aliphatic carbocycles. The fourth-order valence-corrected chi connectivity index (χ4v) is 1.94. The number of methoxy groups -OCH3 is 1. The smallest absolute Gasteiger partial charge is 0.256 e. The lowest BCUT2D eigenvalue weighted by molar-refractivity contribution is -0.136. The summed E-state index contributed by atoms with van der Waals surface area (Å²) in [7, 11) is 1.55. The molecule has 20 heavy (non-hydrogen) atoms. The number of hydrogen-bond acceptors (Lipinski definition) is 4. The third-order valence-electron chi connectivity index (χ3n) is 3.26. The number of anilines is 1. The van der Waals surface area contributed by atoms with Crippen LogP contribution in [0.25, 0.3) is 0 Å². The molecular formula is C15H24N2O3. The molecule has 112 valence electrons. The quantitative estimate of drug-likeness (QED) is 0.834.